The van der Waals surface area contributed by atoms with E-state index in [-0.39, 0.29) is 0 Å². The van der Waals surface area contributed by atoms with Crippen molar-refractivity contribution in [2.24, 2.45) is 5.92 Å². The molecule has 2 heteroatoms. The average Bonchev–Trinajstić information content (AvgIpc) is 2.36. The molecule has 102 valence electrons. The Labute approximate surface area is 108 Å². The summed E-state index contributed by atoms with van der Waals surface area (Å²) in [7, 11) is 0. The second kappa shape index (κ2) is 8.93. The molecule has 0 aromatic heterocycles. The van der Waals surface area contributed by atoms with Crippen molar-refractivity contribution >= 4 is 0 Å². The van der Waals surface area contributed by atoms with Crippen LogP contribution in [0.5, 0.6) is 0 Å². The van der Waals surface area contributed by atoms with Crippen LogP contribution >= 0.6 is 0 Å². The van der Waals surface area contributed by atoms with Gasteiger partial charge in [0.25, 0.3) is 0 Å². The van der Waals surface area contributed by atoms with Crippen LogP contribution < -0.4 is 5.32 Å². The van der Waals surface area contributed by atoms with Crippen LogP contribution in [-0.4, -0.2) is 37.1 Å². The van der Waals surface area contributed by atoms with E-state index in [9.17, 15) is 0 Å². The molecule has 1 unspecified atom stereocenters. The van der Waals surface area contributed by atoms with Crippen LogP contribution in [0.3, 0.4) is 0 Å². The molecule has 0 aromatic rings. The Morgan fingerprint density at radius 1 is 1.12 bits per heavy atom. The van der Waals surface area contributed by atoms with E-state index in [4.69, 9.17) is 0 Å². The zero-order valence-electron chi connectivity index (χ0n) is 12.2. The van der Waals surface area contributed by atoms with Crippen molar-refractivity contribution in [1.82, 2.24) is 10.2 Å². The Hall–Kier alpha value is -0.0800. The summed E-state index contributed by atoms with van der Waals surface area (Å²) in [4.78, 5) is 2.69. The van der Waals surface area contributed by atoms with E-state index in [1.807, 2.05) is 0 Å². The molecule has 0 bridgehead atoms. The van der Waals surface area contributed by atoms with Gasteiger partial charge >= 0.3 is 0 Å². The van der Waals surface area contributed by atoms with E-state index in [1.54, 1.807) is 0 Å². The lowest BCUT2D eigenvalue weighted by Crippen LogP contribution is -2.41. The molecule has 0 spiro atoms. The van der Waals surface area contributed by atoms with Gasteiger partial charge in [-0.3, -0.25) is 0 Å². The van der Waals surface area contributed by atoms with Crippen LogP contribution in [0.4, 0.5) is 0 Å². The quantitative estimate of drug-likeness (QED) is 0.655. The van der Waals surface area contributed by atoms with Crippen LogP contribution in [0, 0.1) is 5.92 Å². The summed E-state index contributed by atoms with van der Waals surface area (Å²) in [5, 5.41) is 3.51. The zero-order valence-corrected chi connectivity index (χ0v) is 12.2. The third-order valence-corrected chi connectivity index (χ3v) is 4.14. The molecule has 0 amide bonds. The highest BCUT2D eigenvalue weighted by Gasteiger charge is 2.21. The number of nitrogens with one attached hydrogen (secondary N) is 1. The van der Waals surface area contributed by atoms with Crippen LogP contribution in [0.2, 0.25) is 0 Å². The predicted molar refractivity (Wildman–Crippen MR) is 76.4 cm³/mol. The highest BCUT2D eigenvalue weighted by Crippen LogP contribution is 2.23. The van der Waals surface area contributed by atoms with Gasteiger partial charge in [-0.15, -0.1) is 0 Å². The summed E-state index contributed by atoms with van der Waals surface area (Å²) in [6, 6.07) is 0.766. The fourth-order valence-corrected chi connectivity index (χ4v) is 2.89. The van der Waals surface area contributed by atoms with Crippen molar-refractivity contribution in [2.45, 2.75) is 65.3 Å². The third-order valence-electron chi connectivity index (χ3n) is 4.14. The predicted octanol–water partition coefficient (Wildman–Crippen LogP) is 3.28. The fourth-order valence-electron chi connectivity index (χ4n) is 2.89. The van der Waals surface area contributed by atoms with Crippen molar-refractivity contribution in [3.63, 3.8) is 0 Å². The molecule has 1 heterocycles. The lowest BCUT2D eigenvalue weighted by Gasteiger charge is -2.36. The van der Waals surface area contributed by atoms with Crippen molar-refractivity contribution in [3.8, 4) is 0 Å². The van der Waals surface area contributed by atoms with E-state index in [0.29, 0.717) is 0 Å². The molecule has 0 aliphatic carbocycles. The first-order valence-corrected chi connectivity index (χ1v) is 7.72. The molecule has 1 N–H and O–H groups in total. The van der Waals surface area contributed by atoms with Gasteiger partial charge in [0.1, 0.15) is 0 Å². The largest absolute Gasteiger partial charge is 0.317 e. The Bertz CT molecular complexity index is 174. The number of piperidine rings is 1. The molecule has 1 fully saturated rings. The van der Waals surface area contributed by atoms with E-state index in [1.165, 1.54) is 64.7 Å². The standard InChI is InChI=1S/C15H32N2/c1-4-6-15-8-12-17(13-9-15)14(3)7-11-16-10-5-2/h14-16H,4-13H2,1-3H3. The lowest BCUT2D eigenvalue weighted by molar-refractivity contribution is 0.131. The minimum Gasteiger partial charge on any atom is -0.317 e. The molecular weight excluding hydrogens is 208 g/mol. The number of hydrogen-bond donors (Lipinski definition) is 1. The molecule has 0 radical (unpaired) electrons. The van der Waals surface area contributed by atoms with Gasteiger partial charge in [-0.05, 0) is 64.7 Å². The van der Waals surface area contributed by atoms with Gasteiger partial charge in [0.05, 0.1) is 0 Å². The molecule has 2 nitrogen and oxygen atoms in total. The molecule has 1 aliphatic rings. The van der Waals surface area contributed by atoms with Crippen LogP contribution in [0.1, 0.15) is 59.3 Å². The Morgan fingerprint density at radius 2 is 1.82 bits per heavy atom. The molecular formula is C15H32N2. The first-order chi connectivity index (χ1) is 8.27. The molecule has 0 aromatic carbocycles. The molecule has 1 aliphatic heterocycles. The zero-order chi connectivity index (χ0) is 12.5. The van der Waals surface area contributed by atoms with Crippen LogP contribution in [0.25, 0.3) is 0 Å². The van der Waals surface area contributed by atoms with Gasteiger partial charge in [0, 0.05) is 6.04 Å². The van der Waals surface area contributed by atoms with E-state index >= 15 is 0 Å². The highest BCUT2D eigenvalue weighted by atomic mass is 15.2. The topological polar surface area (TPSA) is 15.3 Å². The van der Waals surface area contributed by atoms with E-state index in [0.717, 1.165) is 12.0 Å². The summed E-state index contributed by atoms with van der Waals surface area (Å²) >= 11 is 0. The van der Waals surface area contributed by atoms with Crippen LogP contribution in [-0.2, 0) is 0 Å². The summed E-state index contributed by atoms with van der Waals surface area (Å²) in [5.74, 6) is 1.02. The van der Waals surface area contributed by atoms with Gasteiger partial charge in [0.15, 0.2) is 0 Å². The molecule has 0 saturated carbocycles. The number of nitrogens with zero attached hydrogens (tertiary/aromatic N) is 1. The van der Waals surface area contributed by atoms with Gasteiger partial charge in [-0.2, -0.15) is 0 Å². The van der Waals surface area contributed by atoms with Crippen LogP contribution in [0.15, 0.2) is 0 Å². The fraction of sp³-hybridized carbons (Fsp3) is 1.00. The van der Waals surface area contributed by atoms with E-state index in [2.05, 4.69) is 31.0 Å². The first-order valence-electron chi connectivity index (χ1n) is 7.72. The van der Waals surface area contributed by atoms with Gasteiger partial charge in [-0.25, -0.2) is 0 Å². The van der Waals surface area contributed by atoms with Gasteiger partial charge in [-0.1, -0.05) is 26.7 Å². The highest BCUT2D eigenvalue weighted by molar-refractivity contribution is 4.76. The second-order valence-electron chi connectivity index (χ2n) is 5.66. The smallest absolute Gasteiger partial charge is 0.00790 e. The molecule has 1 atom stereocenters. The van der Waals surface area contributed by atoms with Crippen molar-refractivity contribution < 1.29 is 0 Å². The number of likely N-dealkylation sites (tertiary alicyclic amines) is 1. The normalized spacial score (nSPS) is 20.6. The maximum absolute atomic E-state index is 3.51. The maximum Gasteiger partial charge on any atom is 0.00790 e. The minimum absolute atomic E-state index is 0.766. The monoisotopic (exact) mass is 240 g/mol. The third kappa shape index (κ3) is 5.87. The summed E-state index contributed by atoms with van der Waals surface area (Å²) in [6.07, 6.45) is 8.22. The SMILES string of the molecule is CCCNCCC(C)N1CCC(CCC)CC1. The Kier molecular flexibility index (Phi) is 7.87. The number of rotatable bonds is 8. The van der Waals surface area contributed by atoms with Crippen molar-refractivity contribution in [2.75, 3.05) is 26.2 Å². The van der Waals surface area contributed by atoms with Crippen molar-refractivity contribution in [3.05, 3.63) is 0 Å². The Morgan fingerprint density at radius 3 is 2.41 bits per heavy atom. The Balaban J connectivity index is 2.10. The molecule has 1 rings (SSSR count). The lowest BCUT2D eigenvalue weighted by atomic mass is 9.91. The molecule has 17 heavy (non-hydrogen) atoms. The van der Waals surface area contributed by atoms with Gasteiger partial charge in [0.2, 0.25) is 0 Å². The average molecular weight is 240 g/mol. The van der Waals surface area contributed by atoms with E-state index < -0.39 is 0 Å². The maximum atomic E-state index is 3.51. The minimum atomic E-state index is 0.766. The first kappa shape index (κ1) is 15.0. The summed E-state index contributed by atoms with van der Waals surface area (Å²) in [6.45, 7) is 12.0. The summed E-state index contributed by atoms with van der Waals surface area (Å²) in [5.41, 5.74) is 0. The second-order valence-corrected chi connectivity index (χ2v) is 5.66. The number of hydrogen-bond acceptors (Lipinski definition) is 2. The summed E-state index contributed by atoms with van der Waals surface area (Å²) < 4.78 is 0. The van der Waals surface area contributed by atoms with Crippen molar-refractivity contribution in [1.29, 1.82) is 0 Å². The van der Waals surface area contributed by atoms with Gasteiger partial charge < -0.3 is 10.2 Å². The molecule has 1 saturated heterocycles.